The van der Waals surface area contributed by atoms with Crippen molar-refractivity contribution in [1.82, 2.24) is 4.90 Å². The summed E-state index contributed by atoms with van der Waals surface area (Å²) < 4.78 is 0. The van der Waals surface area contributed by atoms with E-state index in [0.717, 1.165) is 12.2 Å². The number of anilines is 1. The first-order chi connectivity index (χ1) is 12.0. The quantitative estimate of drug-likeness (QED) is 0.757. The Labute approximate surface area is 155 Å². The fraction of sp³-hybridized carbons (Fsp3) is 0.409. The van der Waals surface area contributed by atoms with Crippen molar-refractivity contribution in [2.75, 3.05) is 18.9 Å². The zero-order valence-corrected chi connectivity index (χ0v) is 16.9. The minimum Gasteiger partial charge on any atom is -0.325 e. The van der Waals surface area contributed by atoms with Gasteiger partial charge in [-0.2, -0.15) is 0 Å². The van der Waals surface area contributed by atoms with Gasteiger partial charge in [0.15, 0.2) is 0 Å². The van der Waals surface area contributed by atoms with E-state index in [2.05, 4.69) is 36.5 Å². The summed E-state index contributed by atoms with van der Waals surface area (Å²) in [4.78, 5) is 14.0. The van der Waals surface area contributed by atoms with Crippen molar-refractivity contribution in [1.29, 1.82) is 0 Å². The van der Waals surface area contributed by atoms with Crippen molar-refractivity contribution in [3.8, 4) is 0 Å². The molecule has 0 radical (unpaired) electrons. The summed E-state index contributed by atoms with van der Waals surface area (Å²) in [5.41, 5.74) is 4.49. The van der Waals surface area contributed by atoms with Gasteiger partial charge in [-0.15, -0.1) is 0 Å². The molecule has 0 unspecified atom stereocenters. The van der Waals surface area contributed by atoms with Crippen molar-refractivity contribution >= 4 is 11.6 Å². The summed E-state index contributed by atoms with van der Waals surface area (Å²) in [6.07, 6.45) is 0. The van der Waals surface area contributed by atoms with Gasteiger partial charge in [0.25, 0.3) is 0 Å². The van der Waals surface area contributed by atoms with Gasteiger partial charge in [0.05, 0.1) is 6.54 Å². The number of hydrogen-bond acceptors (Lipinski definition) is 2. The fourth-order valence-electron chi connectivity index (χ4n) is 2.14. The summed E-state index contributed by atoms with van der Waals surface area (Å²) in [6.45, 7) is 13.2. The van der Waals surface area contributed by atoms with Crippen LogP contribution in [0.25, 0.3) is 0 Å². The van der Waals surface area contributed by atoms with Crippen LogP contribution in [0.1, 0.15) is 45.8 Å². The third-order valence-corrected chi connectivity index (χ3v) is 3.32. The first kappa shape index (κ1) is 22.9. The first-order valence-corrected chi connectivity index (χ1v) is 9.13. The summed E-state index contributed by atoms with van der Waals surface area (Å²) in [6, 6.07) is 16.2. The molecule has 0 saturated carbocycles. The summed E-state index contributed by atoms with van der Waals surface area (Å²) in [5.74, 6) is 0.00784. The van der Waals surface area contributed by atoms with Crippen LogP contribution in [0.3, 0.4) is 0 Å². The Bertz CT molecular complexity index is 595. The fourth-order valence-corrected chi connectivity index (χ4v) is 2.14. The Balaban J connectivity index is 0. The molecule has 2 aromatic carbocycles. The van der Waals surface area contributed by atoms with Gasteiger partial charge in [0.2, 0.25) is 5.91 Å². The number of carbonyl (C=O) groups is 1. The molecule has 0 fully saturated rings. The number of rotatable bonds is 5. The highest BCUT2D eigenvalue weighted by Gasteiger charge is 2.07. The molecule has 0 aliphatic heterocycles. The van der Waals surface area contributed by atoms with Gasteiger partial charge in [-0.25, -0.2) is 0 Å². The van der Waals surface area contributed by atoms with E-state index in [1.807, 2.05) is 70.8 Å². The lowest BCUT2D eigenvalue weighted by Crippen LogP contribution is -2.29. The summed E-state index contributed by atoms with van der Waals surface area (Å²) in [7, 11) is 1.95. The molecule has 0 spiro atoms. The number of aryl methyl sites for hydroxylation is 2. The zero-order valence-electron chi connectivity index (χ0n) is 16.9. The molecule has 0 atom stereocenters. The molecule has 0 heterocycles. The lowest BCUT2D eigenvalue weighted by molar-refractivity contribution is -0.117. The first-order valence-electron chi connectivity index (χ1n) is 9.13. The molecule has 0 aliphatic carbocycles. The van der Waals surface area contributed by atoms with Crippen LogP contribution < -0.4 is 5.32 Å². The van der Waals surface area contributed by atoms with Crippen molar-refractivity contribution in [3.63, 3.8) is 0 Å². The predicted molar refractivity (Wildman–Crippen MR) is 112 cm³/mol. The zero-order chi connectivity index (χ0) is 19.2. The van der Waals surface area contributed by atoms with Crippen molar-refractivity contribution < 1.29 is 6.22 Å². The second kappa shape index (κ2) is 13.2. The lowest BCUT2D eigenvalue weighted by Gasteiger charge is -2.16. The molecule has 3 heteroatoms. The average molecular weight is 345 g/mol. The molecule has 2 rings (SSSR count). The van der Waals surface area contributed by atoms with Gasteiger partial charge >= 0.3 is 0 Å². The van der Waals surface area contributed by atoms with E-state index in [0.29, 0.717) is 6.54 Å². The molecule has 0 bridgehead atoms. The van der Waals surface area contributed by atoms with Crippen LogP contribution in [-0.4, -0.2) is 24.4 Å². The molecular weight excluding hydrogens is 308 g/mol. The van der Waals surface area contributed by atoms with Crippen LogP contribution in [0.4, 0.5) is 5.69 Å². The third-order valence-electron chi connectivity index (χ3n) is 3.32. The van der Waals surface area contributed by atoms with Gasteiger partial charge in [-0.1, -0.05) is 75.2 Å². The second-order valence-corrected chi connectivity index (χ2v) is 5.57. The predicted octanol–water partition coefficient (Wildman–Crippen LogP) is 5.67. The maximum Gasteiger partial charge on any atom is 0.238 e. The standard InChI is InChI=1S/C18H22N2O.2C2H6.H2/c1-14-4-8-16(9-5-14)12-20(3)13-18(21)19-17-10-6-15(2)7-11-17;2*1-2;/h4-11H,12-13H2,1-3H3,(H,19,21);2*1-2H3;1H. The van der Waals surface area contributed by atoms with E-state index < -0.39 is 0 Å². The Morgan fingerprint density at radius 2 is 1.32 bits per heavy atom. The smallest absolute Gasteiger partial charge is 0.238 e. The lowest BCUT2D eigenvalue weighted by atomic mass is 10.1. The number of carbonyl (C=O) groups excluding carboxylic acids is 1. The van der Waals surface area contributed by atoms with Crippen LogP contribution in [0.2, 0.25) is 0 Å². The summed E-state index contributed by atoms with van der Waals surface area (Å²) in [5, 5.41) is 2.91. The van der Waals surface area contributed by atoms with Gasteiger partial charge < -0.3 is 5.32 Å². The normalized spacial score (nSPS) is 9.44. The van der Waals surface area contributed by atoms with Crippen LogP contribution in [0.15, 0.2) is 48.5 Å². The Morgan fingerprint density at radius 3 is 1.80 bits per heavy atom. The number of nitrogens with zero attached hydrogens (tertiary/aromatic N) is 1. The number of benzene rings is 2. The molecular formula is C22H36N2O. The van der Waals surface area contributed by atoms with E-state index in [4.69, 9.17) is 0 Å². The highest BCUT2D eigenvalue weighted by atomic mass is 16.2. The SMILES string of the molecule is CC.CC.Cc1ccc(CN(C)CC(=O)Nc2ccc(C)cc2)cc1.[HH]. The molecule has 25 heavy (non-hydrogen) atoms. The molecule has 0 saturated heterocycles. The molecule has 2 aromatic rings. The van der Waals surface area contributed by atoms with Gasteiger partial charge in [-0.3, -0.25) is 9.69 Å². The molecule has 0 aliphatic rings. The Hall–Kier alpha value is -2.13. The van der Waals surface area contributed by atoms with E-state index >= 15 is 0 Å². The van der Waals surface area contributed by atoms with Crippen LogP contribution in [0.5, 0.6) is 0 Å². The Kier molecular flexibility index (Phi) is 12.1. The minimum absolute atomic E-state index is 0. The molecule has 140 valence electrons. The van der Waals surface area contributed by atoms with E-state index in [1.165, 1.54) is 16.7 Å². The maximum atomic E-state index is 12.0. The van der Waals surface area contributed by atoms with Gasteiger partial charge in [0.1, 0.15) is 0 Å². The van der Waals surface area contributed by atoms with E-state index in [-0.39, 0.29) is 7.33 Å². The molecule has 1 amide bonds. The number of likely N-dealkylation sites (N-methyl/N-ethyl adjacent to an activating group) is 1. The van der Waals surface area contributed by atoms with Crippen LogP contribution in [-0.2, 0) is 11.3 Å². The molecule has 0 aromatic heterocycles. The molecule has 1 N–H and O–H groups in total. The molecule has 3 nitrogen and oxygen atoms in total. The highest BCUT2D eigenvalue weighted by molar-refractivity contribution is 5.92. The number of nitrogens with one attached hydrogen (secondary N) is 1. The minimum atomic E-state index is 0. The van der Waals surface area contributed by atoms with Crippen molar-refractivity contribution in [2.45, 2.75) is 48.1 Å². The van der Waals surface area contributed by atoms with Crippen molar-refractivity contribution in [3.05, 3.63) is 65.2 Å². The average Bonchev–Trinajstić information content (AvgIpc) is 2.62. The van der Waals surface area contributed by atoms with Crippen LogP contribution >= 0.6 is 0 Å². The topological polar surface area (TPSA) is 32.3 Å². The monoisotopic (exact) mass is 344 g/mol. The Morgan fingerprint density at radius 1 is 0.880 bits per heavy atom. The van der Waals surface area contributed by atoms with E-state index in [1.54, 1.807) is 0 Å². The number of amides is 1. The van der Waals surface area contributed by atoms with Gasteiger partial charge in [-0.05, 0) is 38.6 Å². The van der Waals surface area contributed by atoms with Gasteiger partial charge in [0, 0.05) is 13.7 Å². The van der Waals surface area contributed by atoms with Crippen LogP contribution in [0, 0.1) is 13.8 Å². The second-order valence-electron chi connectivity index (χ2n) is 5.57. The highest BCUT2D eigenvalue weighted by Crippen LogP contribution is 2.09. The number of hydrogen-bond donors (Lipinski definition) is 1. The maximum absolute atomic E-state index is 12.0. The summed E-state index contributed by atoms with van der Waals surface area (Å²) >= 11 is 0. The third kappa shape index (κ3) is 9.68. The van der Waals surface area contributed by atoms with Crippen molar-refractivity contribution in [2.24, 2.45) is 0 Å². The van der Waals surface area contributed by atoms with E-state index in [9.17, 15) is 4.79 Å². The largest absolute Gasteiger partial charge is 0.325 e.